The molecule has 5 nitrogen and oxygen atoms in total. The molecule has 1 aromatic carbocycles. The molecule has 0 spiro atoms. The van der Waals surface area contributed by atoms with Gasteiger partial charge in [0, 0.05) is 29.9 Å². The predicted octanol–water partition coefficient (Wildman–Crippen LogP) is 3.31. The highest BCUT2D eigenvalue weighted by atomic mass is 35.5. The van der Waals surface area contributed by atoms with Gasteiger partial charge < -0.3 is 15.0 Å². The largest absolute Gasteiger partial charge is 0.450 e. The number of carbonyl (C=O) groups is 2. The lowest BCUT2D eigenvalue weighted by molar-refractivity contribution is -0.119. The third kappa shape index (κ3) is 6.24. The fourth-order valence-electron chi connectivity index (χ4n) is 2.58. The minimum Gasteiger partial charge on any atom is -0.450 e. The number of ether oxygens (including phenoxy) is 1. The van der Waals surface area contributed by atoms with Crippen molar-refractivity contribution in [2.24, 2.45) is 0 Å². The van der Waals surface area contributed by atoms with Crippen LogP contribution in [0.15, 0.2) is 24.3 Å². The number of rotatable bonds is 6. The molecule has 0 aromatic heterocycles. The van der Waals surface area contributed by atoms with Gasteiger partial charge in [-0.05, 0) is 37.5 Å². The molecule has 0 aliphatic carbocycles. The molecule has 0 saturated carbocycles. The highest BCUT2D eigenvalue weighted by molar-refractivity contribution is 7.99. The number of piperidine rings is 1. The first-order chi connectivity index (χ1) is 11.6. The zero-order valence-corrected chi connectivity index (χ0v) is 15.4. The Morgan fingerprint density at radius 2 is 2.12 bits per heavy atom. The first-order valence-electron chi connectivity index (χ1n) is 8.11. The molecular weight excluding hydrogens is 348 g/mol. The van der Waals surface area contributed by atoms with Crippen LogP contribution in [-0.2, 0) is 15.3 Å². The molecule has 1 heterocycles. The lowest BCUT2D eigenvalue weighted by atomic mass is 10.1. The number of nitrogens with one attached hydrogen (secondary N) is 1. The fraction of sp³-hybridized carbons (Fsp3) is 0.529. The molecule has 24 heavy (non-hydrogen) atoms. The topological polar surface area (TPSA) is 58.6 Å². The van der Waals surface area contributed by atoms with E-state index in [0.29, 0.717) is 30.5 Å². The summed E-state index contributed by atoms with van der Waals surface area (Å²) in [5, 5.41) is 3.76. The van der Waals surface area contributed by atoms with E-state index in [1.807, 2.05) is 24.3 Å². The van der Waals surface area contributed by atoms with E-state index in [9.17, 15) is 9.59 Å². The molecular formula is C17H23ClN2O3S. The van der Waals surface area contributed by atoms with Crippen LogP contribution in [0.5, 0.6) is 0 Å². The van der Waals surface area contributed by atoms with Gasteiger partial charge in [-0.15, -0.1) is 11.8 Å². The Labute approximate surface area is 152 Å². The number of nitrogens with zero attached hydrogens (tertiary/aromatic N) is 1. The summed E-state index contributed by atoms with van der Waals surface area (Å²) in [6.07, 6.45) is 1.27. The van der Waals surface area contributed by atoms with E-state index in [4.69, 9.17) is 16.3 Å². The van der Waals surface area contributed by atoms with Crippen molar-refractivity contribution in [1.82, 2.24) is 10.2 Å². The number of likely N-dealkylation sites (tertiary alicyclic amines) is 1. The molecule has 1 saturated heterocycles. The summed E-state index contributed by atoms with van der Waals surface area (Å²) < 4.78 is 4.99. The normalized spacial score (nSPS) is 15.2. The lowest BCUT2D eigenvalue weighted by Gasteiger charge is -2.31. The van der Waals surface area contributed by atoms with Gasteiger partial charge in [0.25, 0.3) is 0 Å². The lowest BCUT2D eigenvalue weighted by Crippen LogP contribution is -2.47. The molecule has 1 fully saturated rings. The quantitative estimate of drug-likeness (QED) is 0.834. The molecule has 2 amide bonds. The molecule has 1 aliphatic rings. The van der Waals surface area contributed by atoms with Crippen molar-refractivity contribution in [2.45, 2.75) is 31.6 Å². The molecule has 2 rings (SSSR count). The summed E-state index contributed by atoms with van der Waals surface area (Å²) in [4.78, 5) is 25.3. The number of carbonyl (C=O) groups excluding carboxylic acids is 2. The van der Waals surface area contributed by atoms with Crippen LogP contribution in [0.3, 0.4) is 0 Å². The summed E-state index contributed by atoms with van der Waals surface area (Å²) in [5.41, 5.74) is 1.11. The van der Waals surface area contributed by atoms with Gasteiger partial charge in [0.05, 0.1) is 12.4 Å². The maximum atomic E-state index is 12.0. The number of hydrogen-bond acceptors (Lipinski definition) is 4. The van der Waals surface area contributed by atoms with E-state index in [2.05, 4.69) is 5.32 Å². The van der Waals surface area contributed by atoms with Crippen molar-refractivity contribution in [3.63, 3.8) is 0 Å². The minimum absolute atomic E-state index is 0.0385. The monoisotopic (exact) mass is 370 g/mol. The minimum atomic E-state index is -0.264. The van der Waals surface area contributed by atoms with Crippen molar-refractivity contribution < 1.29 is 14.3 Å². The van der Waals surface area contributed by atoms with Crippen LogP contribution in [0, 0.1) is 0 Å². The summed E-state index contributed by atoms with van der Waals surface area (Å²) in [6, 6.07) is 7.80. The van der Waals surface area contributed by atoms with Crippen molar-refractivity contribution in [3.05, 3.63) is 34.9 Å². The summed E-state index contributed by atoms with van der Waals surface area (Å²) in [7, 11) is 0. The Kier molecular flexibility index (Phi) is 7.72. The van der Waals surface area contributed by atoms with Crippen molar-refractivity contribution in [3.8, 4) is 0 Å². The van der Waals surface area contributed by atoms with Crippen molar-refractivity contribution in [2.75, 3.05) is 25.4 Å². The molecule has 1 aliphatic heterocycles. The van der Waals surface area contributed by atoms with Gasteiger partial charge in [-0.3, -0.25) is 4.79 Å². The van der Waals surface area contributed by atoms with Crippen molar-refractivity contribution >= 4 is 35.4 Å². The SMILES string of the molecule is CCOC(=O)N1CCC(NC(=O)CSCc2cccc(Cl)c2)CC1. The average molecular weight is 371 g/mol. The molecule has 0 unspecified atom stereocenters. The third-order valence-electron chi connectivity index (χ3n) is 3.78. The van der Waals surface area contributed by atoms with E-state index in [1.54, 1.807) is 23.6 Å². The first-order valence-corrected chi connectivity index (χ1v) is 9.65. The summed E-state index contributed by atoms with van der Waals surface area (Å²) in [5.74, 6) is 1.22. The maximum Gasteiger partial charge on any atom is 0.409 e. The Morgan fingerprint density at radius 3 is 2.79 bits per heavy atom. The second-order valence-electron chi connectivity index (χ2n) is 5.65. The second-order valence-corrected chi connectivity index (χ2v) is 7.07. The molecule has 1 aromatic rings. The van der Waals surface area contributed by atoms with Gasteiger partial charge in [-0.2, -0.15) is 0 Å². The zero-order valence-electron chi connectivity index (χ0n) is 13.8. The van der Waals surface area contributed by atoms with Crippen LogP contribution in [-0.4, -0.2) is 48.4 Å². The highest BCUT2D eigenvalue weighted by Crippen LogP contribution is 2.17. The van der Waals surface area contributed by atoms with E-state index in [1.165, 1.54) is 0 Å². The predicted molar refractivity (Wildman–Crippen MR) is 97.4 cm³/mol. The van der Waals surface area contributed by atoms with Crippen molar-refractivity contribution in [1.29, 1.82) is 0 Å². The number of hydrogen-bond donors (Lipinski definition) is 1. The fourth-order valence-corrected chi connectivity index (χ4v) is 3.58. The molecule has 1 N–H and O–H groups in total. The van der Waals surface area contributed by atoms with Gasteiger partial charge in [-0.25, -0.2) is 4.79 Å². The Hall–Kier alpha value is -1.40. The van der Waals surface area contributed by atoms with Crippen LogP contribution >= 0.6 is 23.4 Å². The van der Waals surface area contributed by atoms with E-state index in [0.717, 1.165) is 24.2 Å². The Balaban J connectivity index is 1.64. The third-order valence-corrected chi connectivity index (χ3v) is 5.02. The van der Waals surface area contributed by atoms with Crippen LogP contribution in [0.2, 0.25) is 5.02 Å². The van der Waals surface area contributed by atoms with E-state index in [-0.39, 0.29) is 18.0 Å². The molecule has 7 heteroatoms. The average Bonchev–Trinajstić information content (AvgIpc) is 2.56. The molecule has 0 atom stereocenters. The van der Waals surface area contributed by atoms with E-state index >= 15 is 0 Å². The van der Waals surface area contributed by atoms with Crippen LogP contribution in [0.4, 0.5) is 4.79 Å². The van der Waals surface area contributed by atoms with Gasteiger partial charge >= 0.3 is 6.09 Å². The summed E-state index contributed by atoms with van der Waals surface area (Å²) in [6.45, 7) is 3.43. The van der Waals surface area contributed by atoms with Crippen LogP contribution < -0.4 is 5.32 Å². The number of benzene rings is 1. The standard InChI is InChI=1S/C17H23ClN2O3S/c1-2-23-17(22)20-8-6-15(7-9-20)19-16(21)12-24-11-13-4-3-5-14(18)10-13/h3-5,10,15H,2,6-9,11-12H2,1H3,(H,19,21). The van der Waals surface area contributed by atoms with Gasteiger partial charge in [0.1, 0.15) is 0 Å². The number of thioether (sulfide) groups is 1. The molecule has 132 valence electrons. The maximum absolute atomic E-state index is 12.0. The first kappa shape index (κ1) is 18.9. The van der Waals surface area contributed by atoms with Crippen LogP contribution in [0.25, 0.3) is 0 Å². The second kappa shape index (κ2) is 9.79. The number of amides is 2. The van der Waals surface area contributed by atoms with E-state index < -0.39 is 0 Å². The van der Waals surface area contributed by atoms with Crippen LogP contribution in [0.1, 0.15) is 25.3 Å². The Bertz CT molecular complexity index is 563. The number of halogens is 1. The van der Waals surface area contributed by atoms with Gasteiger partial charge in [-0.1, -0.05) is 23.7 Å². The molecule has 0 radical (unpaired) electrons. The molecule has 0 bridgehead atoms. The summed E-state index contributed by atoms with van der Waals surface area (Å²) >= 11 is 7.51. The van der Waals surface area contributed by atoms with Gasteiger partial charge in [0.2, 0.25) is 5.91 Å². The zero-order chi connectivity index (χ0) is 17.4. The smallest absolute Gasteiger partial charge is 0.409 e. The Morgan fingerprint density at radius 1 is 1.38 bits per heavy atom. The van der Waals surface area contributed by atoms with Gasteiger partial charge in [0.15, 0.2) is 0 Å². The highest BCUT2D eigenvalue weighted by Gasteiger charge is 2.24.